The third-order valence-electron chi connectivity index (χ3n) is 2.37. The van der Waals surface area contributed by atoms with E-state index in [-0.39, 0.29) is 6.04 Å². The van der Waals surface area contributed by atoms with Gasteiger partial charge in [0.05, 0.1) is 5.51 Å². The van der Waals surface area contributed by atoms with Crippen molar-refractivity contribution in [3.63, 3.8) is 0 Å². The fraction of sp³-hybridized carbons (Fsp3) is 0.400. The van der Waals surface area contributed by atoms with Crippen LogP contribution < -0.4 is 5.32 Å². The van der Waals surface area contributed by atoms with Crippen LogP contribution in [0.2, 0.25) is 0 Å². The molecule has 0 radical (unpaired) electrons. The third-order valence-corrected chi connectivity index (χ3v) is 3.21. The van der Waals surface area contributed by atoms with Crippen LogP contribution in [0.5, 0.6) is 0 Å². The Bertz CT molecular complexity index is 407. The van der Waals surface area contributed by atoms with E-state index in [1.807, 2.05) is 31.1 Å². The Hall–Kier alpha value is -1.20. The predicted molar refractivity (Wildman–Crippen MR) is 60.9 cm³/mol. The fourth-order valence-electron chi connectivity index (χ4n) is 1.62. The van der Waals surface area contributed by atoms with Gasteiger partial charge in [-0.25, -0.2) is 4.98 Å². The summed E-state index contributed by atoms with van der Waals surface area (Å²) in [7, 11) is 1.94. The van der Waals surface area contributed by atoms with Crippen molar-refractivity contribution in [3.05, 3.63) is 34.8 Å². The summed E-state index contributed by atoms with van der Waals surface area (Å²) in [5.74, 6) is 1.05. The molecular formula is C10H14N4S. The molecule has 0 saturated heterocycles. The first-order chi connectivity index (χ1) is 7.36. The van der Waals surface area contributed by atoms with Crippen molar-refractivity contribution < 1.29 is 0 Å². The van der Waals surface area contributed by atoms with Gasteiger partial charge >= 0.3 is 0 Å². The highest BCUT2D eigenvalue weighted by molar-refractivity contribution is 7.09. The van der Waals surface area contributed by atoms with Gasteiger partial charge in [-0.3, -0.25) is 4.98 Å². The van der Waals surface area contributed by atoms with E-state index in [0.717, 1.165) is 12.4 Å². The molecule has 2 heterocycles. The van der Waals surface area contributed by atoms with Gasteiger partial charge in [0.25, 0.3) is 0 Å². The quantitative estimate of drug-likeness (QED) is 0.855. The molecule has 0 saturated carbocycles. The molecule has 0 aliphatic heterocycles. The van der Waals surface area contributed by atoms with Crippen molar-refractivity contribution in [2.75, 3.05) is 7.05 Å². The molecule has 2 rings (SSSR count). The Morgan fingerprint density at radius 1 is 1.60 bits per heavy atom. The van der Waals surface area contributed by atoms with Crippen LogP contribution in [0.15, 0.2) is 24.1 Å². The summed E-state index contributed by atoms with van der Waals surface area (Å²) in [5, 5.41) is 3.27. The molecule has 0 aliphatic rings. The highest BCUT2D eigenvalue weighted by Crippen LogP contribution is 2.23. The number of aryl methyl sites for hydroxylation is 1. The lowest BCUT2D eigenvalue weighted by Gasteiger charge is -2.14. The summed E-state index contributed by atoms with van der Waals surface area (Å²) >= 11 is 1.65. The van der Waals surface area contributed by atoms with Crippen LogP contribution in [0.4, 0.5) is 0 Å². The topological polar surface area (TPSA) is 42.7 Å². The summed E-state index contributed by atoms with van der Waals surface area (Å²) in [6, 6.07) is 0.146. The second kappa shape index (κ2) is 4.55. The molecule has 1 unspecified atom stereocenters. The van der Waals surface area contributed by atoms with Crippen LogP contribution in [-0.2, 0) is 6.54 Å². The van der Waals surface area contributed by atoms with Crippen LogP contribution in [0.1, 0.15) is 23.7 Å². The minimum absolute atomic E-state index is 0.146. The van der Waals surface area contributed by atoms with Crippen molar-refractivity contribution in [1.29, 1.82) is 0 Å². The van der Waals surface area contributed by atoms with Gasteiger partial charge in [0.1, 0.15) is 11.9 Å². The molecule has 4 nitrogen and oxygen atoms in total. The Labute approximate surface area is 93.0 Å². The predicted octanol–water partition coefficient (Wildman–Crippen LogP) is 1.67. The Kier molecular flexibility index (Phi) is 3.13. The second-order valence-corrected chi connectivity index (χ2v) is 4.11. The van der Waals surface area contributed by atoms with Crippen molar-refractivity contribution >= 4 is 11.3 Å². The Balaban J connectivity index is 2.35. The van der Waals surface area contributed by atoms with E-state index in [2.05, 4.69) is 26.8 Å². The van der Waals surface area contributed by atoms with Gasteiger partial charge in [0.15, 0.2) is 0 Å². The Morgan fingerprint density at radius 3 is 3.07 bits per heavy atom. The number of nitrogens with zero attached hydrogens (tertiary/aromatic N) is 3. The van der Waals surface area contributed by atoms with Crippen molar-refractivity contribution in [2.45, 2.75) is 19.5 Å². The molecule has 2 aromatic heterocycles. The molecule has 2 aromatic rings. The molecule has 5 heteroatoms. The number of nitrogens with one attached hydrogen (secondary N) is 1. The highest BCUT2D eigenvalue weighted by Gasteiger charge is 2.17. The van der Waals surface area contributed by atoms with Crippen molar-refractivity contribution in [2.24, 2.45) is 0 Å². The maximum Gasteiger partial charge on any atom is 0.131 e. The van der Waals surface area contributed by atoms with E-state index in [4.69, 9.17) is 0 Å². The number of imidazole rings is 1. The number of hydrogen-bond donors (Lipinski definition) is 1. The SMILES string of the molecule is CCn1ccnc1C(NC)c1cncs1. The molecule has 0 aromatic carbocycles. The van der Waals surface area contributed by atoms with Crippen molar-refractivity contribution in [3.8, 4) is 0 Å². The van der Waals surface area contributed by atoms with Gasteiger partial charge in [-0.1, -0.05) is 0 Å². The van der Waals surface area contributed by atoms with Gasteiger partial charge in [-0.05, 0) is 14.0 Å². The van der Waals surface area contributed by atoms with Crippen LogP contribution in [0.25, 0.3) is 0 Å². The third kappa shape index (κ3) is 1.93. The van der Waals surface area contributed by atoms with Crippen molar-refractivity contribution in [1.82, 2.24) is 19.9 Å². The number of aromatic nitrogens is 3. The second-order valence-electron chi connectivity index (χ2n) is 3.20. The van der Waals surface area contributed by atoms with Gasteiger partial charge in [0, 0.05) is 30.0 Å². The van der Waals surface area contributed by atoms with E-state index < -0.39 is 0 Å². The van der Waals surface area contributed by atoms with Crippen LogP contribution >= 0.6 is 11.3 Å². The first-order valence-corrected chi connectivity index (χ1v) is 5.81. The first kappa shape index (κ1) is 10.3. The normalized spacial score (nSPS) is 12.9. The van der Waals surface area contributed by atoms with E-state index in [0.29, 0.717) is 0 Å². The summed E-state index contributed by atoms with van der Waals surface area (Å²) in [4.78, 5) is 9.68. The van der Waals surface area contributed by atoms with E-state index >= 15 is 0 Å². The minimum atomic E-state index is 0.146. The van der Waals surface area contributed by atoms with Gasteiger partial charge < -0.3 is 9.88 Å². The molecule has 0 aliphatic carbocycles. The highest BCUT2D eigenvalue weighted by atomic mass is 32.1. The van der Waals surface area contributed by atoms with E-state index in [9.17, 15) is 0 Å². The van der Waals surface area contributed by atoms with Crippen LogP contribution in [0.3, 0.4) is 0 Å². The Morgan fingerprint density at radius 2 is 2.47 bits per heavy atom. The molecule has 80 valence electrons. The monoisotopic (exact) mass is 222 g/mol. The first-order valence-electron chi connectivity index (χ1n) is 4.93. The smallest absolute Gasteiger partial charge is 0.131 e. The molecule has 1 N–H and O–H groups in total. The molecule has 0 fully saturated rings. The molecule has 1 atom stereocenters. The maximum atomic E-state index is 4.39. The largest absolute Gasteiger partial charge is 0.334 e. The zero-order valence-electron chi connectivity index (χ0n) is 8.84. The van der Waals surface area contributed by atoms with Gasteiger partial charge in [-0.2, -0.15) is 0 Å². The van der Waals surface area contributed by atoms with Gasteiger partial charge in [-0.15, -0.1) is 11.3 Å². The van der Waals surface area contributed by atoms with E-state index in [1.54, 1.807) is 11.3 Å². The lowest BCUT2D eigenvalue weighted by Crippen LogP contribution is -2.20. The number of hydrogen-bond acceptors (Lipinski definition) is 4. The maximum absolute atomic E-state index is 4.39. The average Bonchev–Trinajstić information content (AvgIpc) is 2.89. The molecular weight excluding hydrogens is 208 g/mol. The van der Waals surface area contributed by atoms with Crippen LogP contribution in [-0.4, -0.2) is 21.6 Å². The number of rotatable bonds is 4. The summed E-state index contributed by atoms with van der Waals surface area (Å²) in [5.41, 5.74) is 1.85. The zero-order chi connectivity index (χ0) is 10.7. The summed E-state index contributed by atoms with van der Waals surface area (Å²) in [6.07, 6.45) is 5.73. The fourth-order valence-corrected chi connectivity index (χ4v) is 2.34. The molecule has 15 heavy (non-hydrogen) atoms. The minimum Gasteiger partial charge on any atom is -0.334 e. The lowest BCUT2D eigenvalue weighted by molar-refractivity contribution is 0.596. The average molecular weight is 222 g/mol. The van der Waals surface area contributed by atoms with Gasteiger partial charge in [0.2, 0.25) is 0 Å². The van der Waals surface area contributed by atoms with Crippen LogP contribution in [0, 0.1) is 0 Å². The molecule has 0 amide bonds. The standard InChI is InChI=1S/C10H14N4S/c1-3-14-5-4-13-10(14)9(11-2)8-6-12-7-15-8/h4-7,9,11H,3H2,1-2H3. The lowest BCUT2D eigenvalue weighted by atomic mass is 10.2. The summed E-state index contributed by atoms with van der Waals surface area (Å²) < 4.78 is 2.14. The zero-order valence-corrected chi connectivity index (χ0v) is 9.66. The molecule has 0 bridgehead atoms. The van der Waals surface area contributed by atoms with E-state index in [1.165, 1.54) is 4.88 Å². The molecule has 0 spiro atoms. The summed E-state index contributed by atoms with van der Waals surface area (Å²) in [6.45, 7) is 3.05. The number of thiazole rings is 1.